The van der Waals surface area contributed by atoms with Crippen molar-refractivity contribution >= 4 is 0 Å². The van der Waals surface area contributed by atoms with Crippen molar-refractivity contribution in [1.29, 1.82) is 0 Å². The molecule has 0 saturated carbocycles. The third kappa shape index (κ3) is 4.22. The molecule has 2 aromatic rings. The predicted molar refractivity (Wildman–Crippen MR) is 82.2 cm³/mol. The SMILES string of the molecule is CCC(Cc1ccccc1)NCc1ccccc1C. The average Bonchev–Trinajstić information content (AvgIpc) is 2.46. The molecule has 0 aliphatic carbocycles. The van der Waals surface area contributed by atoms with Crippen LogP contribution in [-0.4, -0.2) is 6.04 Å². The van der Waals surface area contributed by atoms with Crippen molar-refractivity contribution in [3.63, 3.8) is 0 Å². The quantitative estimate of drug-likeness (QED) is 0.817. The fourth-order valence-electron chi connectivity index (χ4n) is 2.32. The zero-order chi connectivity index (χ0) is 13.5. The van der Waals surface area contributed by atoms with Crippen LogP contribution in [0.4, 0.5) is 0 Å². The minimum absolute atomic E-state index is 0.544. The highest BCUT2D eigenvalue weighted by Gasteiger charge is 2.07. The molecule has 1 N–H and O–H groups in total. The molecule has 19 heavy (non-hydrogen) atoms. The first kappa shape index (κ1) is 13.8. The molecule has 0 bridgehead atoms. The summed E-state index contributed by atoms with van der Waals surface area (Å²) >= 11 is 0. The van der Waals surface area contributed by atoms with Gasteiger partial charge < -0.3 is 5.32 Å². The van der Waals surface area contributed by atoms with E-state index in [1.807, 2.05) is 0 Å². The summed E-state index contributed by atoms with van der Waals surface area (Å²) in [6, 6.07) is 19.9. The van der Waals surface area contributed by atoms with E-state index in [2.05, 4.69) is 73.8 Å². The highest BCUT2D eigenvalue weighted by molar-refractivity contribution is 5.25. The van der Waals surface area contributed by atoms with Crippen LogP contribution in [0.15, 0.2) is 54.6 Å². The van der Waals surface area contributed by atoms with Crippen molar-refractivity contribution in [2.24, 2.45) is 0 Å². The minimum Gasteiger partial charge on any atom is -0.310 e. The van der Waals surface area contributed by atoms with E-state index in [0.29, 0.717) is 6.04 Å². The Balaban J connectivity index is 1.91. The third-order valence-corrected chi connectivity index (χ3v) is 3.66. The zero-order valence-electron chi connectivity index (χ0n) is 11.9. The average molecular weight is 253 g/mol. The van der Waals surface area contributed by atoms with Gasteiger partial charge >= 0.3 is 0 Å². The van der Waals surface area contributed by atoms with Crippen LogP contribution < -0.4 is 5.32 Å². The number of rotatable bonds is 6. The number of nitrogens with one attached hydrogen (secondary N) is 1. The van der Waals surface area contributed by atoms with E-state index in [1.54, 1.807) is 0 Å². The maximum absolute atomic E-state index is 3.68. The molecule has 0 fully saturated rings. The number of hydrogen-bond acceptors (Lipinski definition) is 1. The number of hydrogen-bond donors (Lipinski definition) is 1. The van der Waals surface area contributed by atoms with Crippen molar-refractivity contribution in [3.05, 3.63) is 71.3 Å². The van der Waals surface area contributed by atoms with Crippen LogP contribution in [0.3, 0.4) is 0 Å². The summed E-state index contributed by atoms with van der Waals surface area (Å²) in [5.41, 5.74) is 4.17. The standard InChI is InChI=1S/C18H23N/c1-3-18(13-16-10-5-4-6-11-16)19-14-17-12-8-7-9-15(17)2/h4-12,18-19H,3,13-14H2,1-2H3. The third-order valence-electron chi connectivity index (χ3n) is 3.66. The van der Waals surface area contributed by atoms with Gasteiger partial charge in [-0.25, -0.2) is 0 Å². The highest BCUT2D eigenvalue weighted by Crippen LogP contribution is 2.09. The van der Waals surface area contributed by atoms with Gasteiger partial charge in [-0.15, -0.1) is 0 Å². The lowest BCUT2D eigenvalue weighted by Crippen LogP contribution is -2.30. The van der Waals surface area contributed by atoms with Gasteiger partial charge in [0.05, 0.1) is 0 Å². The van der Waals surface area contributed by atoms with Gasteiger partial charge in [-0.2, -0.15) is 0 Å². The molecule has 0 amide bonds. The van der Waals surface area contributed by atoms with Crippen LogP contribution in [0.5, 0.6) is 0 Å². The Morgan fingerprint density at radius 3 is 2.32 bits per heavy atom. The van der Waals surface area contributed by atoms with E-state index in [9.17, 15) is 0 Å². The minimum atomic E-state index is 0.544. The van der Waals surface area contributed by atoms with Crippen LogP contribution in [0.1, 0.15) is 30.0 Å². The Hall–Kier alpha value is -1.60. The van der Waals surface area contributed by atoms with Gasteiger partial charge in [-0.1, -0.05) is 61.5 Å². The summed E-state index contributed by atoms with van der Waals surface area (Å²) in [7, 11) is 0. The summed E-state index contributed by atoms with van der Waals surface area (Å²) < 4.78 is 0. The lowest BCUT2D eigenvalue weighted by Gasteiger charge is -2.18. The van der Waals surface area contributed by atoms with Crippen LogP contribution in [0, 0.1) is 6.92 Å². The molecule has 1 nitrogen and oxygen atoms in total. The second-order valence-corrected chi connectivity index (χ2v) is 5.10. The van der Waals surface area contributed by atoms with Crippen molar-refractivity contribution in [2.75, 3.05) is 0 Å². The Morgan fingerprint density at radius 2 is 1.63 bits per heavy atom. The van der Waals surface area contributed by atoms with E-state index in [-0.39, 0.29) is 0 Å². The molecule has 0 aromatic heterocycles. The van der Waals surface area contributed by atoms with E-state index < -0.39 is 0 Å². The summed E-state index contributed by atoms with van der Waals surface area (Å²) in [5, 5.41) is 3.68. The second kappa shape index (κ2) is 7.10. The maximum Gasteiger partial charge on any atom is 0.0210 e. The molecular weight excluding hydrogens is 230 g/mol. The van der Waals surface area contributed by atoms with Crippen LogP contribution in [0.25, 0.3) is 0 Å². The van der Waals surface area contributed by atoms with E-state index in [1.165, 1.54) is 16.7 Å². The predicted octanol–water partition coefficient (Wildman–Crippen LogP) is 4.11. The van der Waals surface area contributed by atoms with E-state index in [0.717, 1.165) is 19.4 Å². The molecular formula is C18H23N. The molecule has 2 aromatic carbocycles. The van der Waals surface area contributed by atoms with Crippen molar-refractivity contribution in [3.8, 4) is 0 Å². The first-order chi connectivity index (χ1) is 9.29. The molecule has 2 rings (SSSR count). The molecule has 0 spiro atoms. The molecule has 0 aliphatic rings. The molecule has 0 aliphatic heterocycles. The van der Waals surface area contributed by atoms with Gasteiger partial charge in [0.15, 0.2) is 0 Å². The van der Waals surface area contributed by atoms with Gasteiger partial charge in [-0.05, 0) is 36.5 Å². The number of aryl methyl sites for hydroxylation is 1. The molecule has 0 saturated heterocycles. The normalized spacial score (nSPS) is 12.3. The Labute approximate surface area is 116 Å². The van der Waals surface area contributed by atoms with Gasteiger partial charge in [-0.3, -0.25) is 0 Å². The fourth-order valence-corrected chi connectivity index (χ4v) is 2.32. The van der Waals surface area contributed by atoms with E-state index >= 15 is 0 Å². The van der Waals surface area contributed by atoms with Gasteiger partial charge in [0.2, 0.25) is 0 Å². The van der Waals surface area contributed by atoms with Crippen LogP contribution in [-0.2, 0) is 13.0 Å². The molecule has 1 unspecified atom stereocenters. The highest BCUT2D eigenvalue weighted by atomic mass is 14.9. The van der Waals surface area contributed by atoms with Crippen molar-refractivity contribution in [1.82, 2.24) is 5.32 Å². The first-order valence-electron chi connectivity index (χ1n) is 7.11. The number of benzene rings is 2. The summed E-state index contributed by atoms with van der Waals surface area (Å²) in [6.07, 6.45) is 2.25. The Bertz CT molecular complexity index is 490. The lowest BCUT2D eigenvalue weighted by molar-refractivity contribution is 0.493. The van der Waals surface area contributed by atoms with Crippen molar-refractivity contribution in [2.45, 2.75) is 39.3 Å². The monoisotopic (exact) mass is 253 g/mol. The van der Waals surface area contributed by atoms with Gasteiger partial charge in [0.1, 0.15) is 0 Å². The van der Waals surface area contributed by atoms with Crippen LogP contribution in [0.2, 0.25) is 0 Å². The first-order valence-corrected chi connectivity index (χ1v) is 7.11. The maximum atomic E-state index is 3.68. The largest absolute Gasteiger partial charge is 0.310 e. The van der Waals surface area contributed by atoms with E-state index in [4.69, 9.17) is 0 Å². The molecule has 1 heteroatoms. The molecule has 100 valence electrons. The molecule has 0 radical (unpaired) electrons. The molecule has 0 heterocycles. The van der Waals surface area contributed by atoms with Gasteiger partial charge in [0, 0.05) is 12.6 Å². The van der Waals surface area contributed by atoms with Gasteiger partial charge in [0.25, 0.3) is 0 Å². The van der Waals surface area contributed by atoms with Crippen LogP contribution >= 0.6 is 0 Å². The molecule has 1 atom stereocenters. The second-order valence-electron chi connectivity index (χ2n) is 5.10. The smallest absolute Gasteiger partial charge is 0.0210 e. The summed E-state index contributed by atoms with van der Waals surface area (Å²) in [5.74, 6) is 0. The van der Waals surface area contributed by atoms with Crippen molar-refractivity contribution < 1.29 is 0 Å². The topological polar surface area (TPSA) is 12.0 Å². The Morgan fingerprint density at radius 1 is 0.947 bits per heavy atom. The summed E-state index contributed by atoms with van der Waals surface area (Å²) in [6.45, 7) is 5.38. The lowest BCUT2D eigenvalue weighted by atomic mass is 10.0. The Kier molecular flexibility index (Phi) is 5.17. The fraction of sp³-hybridized carbons (Fsp3) is 0.333. The summed E-state index contributed by atoms with van der Waals surface area (Å²) in [4.78, 5) is 0. The zero-order valence-corrected chi connectivity index (χ0v) is 11.9.